The Morgan fingerprint density at radius 3 is 0.787 bits per heavy atom. The Kier molecular flexibility index (Phi) is 35.7. The summed E-state index contributed by atoms with van der Waals surface area (Å²) in [4.78, 5) is 0. The molecule has 0 amide bonds. The Hall–Kier alpha value is -2.24. The highest BCUT2D eigenvalue weighted by molar-refractivity contribution is 5.05. The largest absolute Gasteiger partial charge is 0.394 e. The Morgan fingerprint density at radius 2 is 0.393 bits per heavy atom. The predicted molar refractivity (Wildman–Crippen MR) is 370 cm³/mol. The summed E-state index contributed by atoms with van der Waals surface area (Å²) in [5.74, 6) is 0. The van der Waals surface area contributed by atoms with Crippen molar-refractivity contribution in [3.63, 3.8) is 0 Å². The van der Waals surface area contributed by atoms with Gasteiger partial charge in [0, 0.05) is 0 Å². The van der Waals surface area contributed by atoms with Crippen molar-refractivity contribution in [2.75, 3.05) is 72.7 Å². The molecule has 0 saturated carbocycles. The molecular formula is C66H116N4O52. The number of nitrogens with two attached hydrogens (primary N) is 4. The van der Waals surface area contributed by atoms with E-state index in [1.54, 1.807) is 0 Å². The summed E-state index contributed by atoms with van der Waals surface area (Å²) in [6.45, 7) is -11.8. The molecule has 0 aromatic carbocycles. The molecule has 0 aliphatic carbocycles. The molecule has 0 aromatic rings. The summed E-state index contributed by atoms with van der Waals surface area (Å²) in [6, 6.07) is -7.32. The van der Waals surface area contributed by atoms with Gasteiger partial charge >= 0.3 is 0 Å². The molecule has 11 fully saturated rings. The maximum atomic E-state index is 12.6. The second-order valence-electron chi connectivity index (χ2n) is 31.2. The Bertz CT molecular complexity index is 3130. The SMILES string of the molecule is N[C@@H]1[C@@H](O)[C@H](O[C@@H]2O[C@H](CO)[C@@H](O[C@@H]3O[C@H](CO[C@H]4O[C@H](CO)[C@@H](O)[C@H](O)[C@@H]4O[C@@H]4O[C@H](CO)[C@@H](O)[C@H](O[C@@H]5O[C@H](CO)[C@H](O[C@H]6O[C@H](CO)[C@H](O)[C@H](O)[C@H]6O)[C@H](O)[C@H]5O)[C@H]4N)[C@@H](O)[C@H](O[C@H]4O[C@H](CO)[C@@H](O)[C@H](O)[C@@H]4O[C@@H]4O[C@H](CO)[C@@H](O)[C@H](O[C@@H]5O[C@H](CO)[C@H](O[C@H]6O[C@H](CO)[C@H](O)[C@H](O)[C@H]6O)[C@H](O)[C@H]5O)[C@H]4N)[C@@H]3O)[C@H](O)[C@H]2N)[C@@H](CO)O[C@H]1O. The van der Waals surface area contributed by atoms with E-state index in [4.69, 9.17) is 122 Å². The minimum absolute atomic E-state index is 0.910. The summed E-state index contributed by atoms with van der Waals surface area (Å²) in [5.41, 5.74) is 25.6. The van der Waals surface area contributed by atoms with Crippen molar-refractivity contribution in [1.29, 1.82) is 0 Å². The predicted octanol–water partition coefficient (Wildman–Crippen LogP) is -25.1. The van der Waals surface area contributed by atoms with Crippen LogP contribution >= 0.6 is 0 Å². The van der Waals surface area contributed by atoms with Crippen molar-refractivity contribution in [2.45, 2.75) is 338 Å². The van der Waals surface area contributed by atoms with Crippen molar-refractivity contribution < 1.29 is 258 Å². The van der Waals surface area contributed by atoms with Gasteiger partial charge in [-0.15, -0.1) is 0 Å². The normalized spacial score (nSPS) is 53.8. The average molecular weight is 1800 g/mol. The summed E-state index contributed by atoms with van der Waals surface area (Å²) >= 11 is 0. The van der Waals surface area contributed by atoms with Gasteiger partial charge in [-0.3, -0.25) is 0 Å². The van der Waals surface area contributed by atoms with Crippen LogP contribution in [0.2, 0.25) is 0 Å². The van der Waals surface area contributed by atoms with Gasteiger partial charge in [0.15, 0.2) is 69.2 Å². The molecule has 11 aliphatic heterocycles. The first-order chi connectivity index (χ1) is 57.9. The van der Waals surface area contributed by atoms with Crippen LogP contribution in [0.3, 0.4) is 0 Å². The lowest BCUT2D eigenvalue weighted by atomic mass is 9.94. The van der Waals surface area contributed by atoms with E-state index in [1.807, 2.05) is 0 Å². The standard InChI is InChI=1S/C66H116N4O52/c67-23-34(88)47(18(7-77)103-56(23)101)114-57-24(68)35(89)48(19(8-78)110-57)115-64-46(100)53(120-66-55(39(93)30(84)15(4-74)109-66)122-59-26(70)52(32(86)17(6-76)105-59)119-63-45(99)41(95)50(21(10-80)112-63)117-61-43(97)37(91)28(82)13(2-72)107-61)33(87)22(113-64)11-102-65-54(38(92)29(83)14(3-73)108-65)121-58-25(69)51(31(85)16(5-75)104-58)118-62-44(98)40(94)49(20(9-79)111-62)116-60-42(96)36(90)27(81)12(1-71)106-60/h12-66,71-101H,1-11,67-70H2/t12-,13-,14-,15-,16-,17-,18-,19-,20-,21-,22-,23-,24-,25-,26-,27+,28+,29-,30-,31-,32-,33-,34-,35-,36+,37+,38+,39+,40-,41-,42-,43-,44-,45-,46+,47-,48-,49+,50+,51-,52-,53+,54+,55+,56-,57+,58+,59+,60-,61-,62+,63+,64+,65+,66-/m1/s1. The van der Waals surface area contributed by atoms with Crippen molar-refractivity contribution in [2.24, 2.45) is 22.9 Å². The van der Waals surface area contributed by atoms with E-state index in [9.17, 15) is 158 Å². The average Bonchev–Trinajstić information content (AvgIpc) is 0.755. The van der Waals surface area contributed by atoms with Crippen LogP contribution in [0.15, 0.2) is 0 Å². The van der Waals surface area contributed by atoms with Gasteiger partial charge in [0.25, 0.3) is 0 Å². The molecule has 0 spiro atoms. The highest BCUT2D eigenvalue weighted by atomic mass is 16.8. The zero-order chi connectivity index (χ0) is 89.4. The Morgan fingerprint density at radius 1 is 0.164 bits per heavy atom. The van der Waals surface area contributed by atoms with Crippen LogP contribution in [0, 0.1) is 0 Å². The summed E-state index contributed by atoms with van der Waals surface area (Å²) in [5, 5.41) is 340. The third-order valence-corrected chi connectivity index (χ3v) is 23.3. The topological polar surface area (TPSA) is 925 Å². The zero-order valence-electron chi connectivity index (χ0n) is 64.3. The monoisotopic (exact) mass is 1800 g/mol. The van der Waals surface area contributed by atoms with Crippen LogP contribution in [-0.2, 0) is 99.5 Å². The Labute approximate surface area is 689 Å². The van der Waals surface area contributed by atoms with Gasteiger partial charge in [-0.1, -0.05) is 0 Å². The molecule has 712 valence electrons. The molecule has 11 heterocycles. The first-order valence-electron chi connectivity index (χ1n) is 39.0. The number of hydrogen-bond acceptors (Lipinski definition) is 56. The van der Waals surface area contributed by atoms with Crippen LogP contribution in [0.5, 0.6) is 0 Å². The summed E-state index contributed by atoms with van der Waals surface area (Å²) in [6.07, 6.45) is -104. The highest BCUT2D eigenvalue weighted by Gasteiger charge is 2.62. The second-order valence-corrected chi connectivity index (χ2v) is 31.2. The van der Waals surface area contributed by atoms with E-state index in [0.29, 0.717) is 0 Å². The van der Waals surface area contributed by atoms with Crippen molar-refractivity contribution >= 4 is 0 Å². The number of aliphatic hydroxyl groups excluding tert-OH is 31. The van der Waals surface area contributed by atoms with E-state index in [1.165, 1.54) is 0 Å². The van der Waals surface area contributed by atoms with Crippen LogP contribution in [-0.4, -0.2) is 568 Å². The lowest BCUT2D eigenvalue weighted by Crippen LogP contribution is -2.70. The van der Waals surface area contributed by atoms with Gasteiger partial charge in [-0.2, -0.15) is 0 Å². The molecule has 56 heteroatoms. The lowest BCUT2D eigenvalue weighted by molar-refractivity contribution is -0.399. The van der Waals surface area contributed by atoms with Gasteiger partial charge in [-0.25, -0.2) is 0 Å². The van der Waals surface area contributed by atoms with Gasteiger partial charge in [-0.05, 0) is 0 Å². The third kappa shape index (κ3) is 20.7. The van der Waals surface area contributed by atoms with Crippen LogP contribution in [0.1, 0.15) is 0 Å². The number of aliphatic hydroxyl groups is 31. The first-order valence-corrected chi connectivity index (χ1v) is 39.0. The minimum atomic E-state index is -2.54. The minimum Gasteiger partial charge on any atom is -0.394 e. The molecule has 0 bridgehead atoms. The van der Waals surface area contributed by atoms with E-state index >= 15 is 0 Å². The van der Waals surface area contributed by atoms with Crippen molar-refractivity contribution in [3.8, 4) is 0 Å². The summed E-state index contributed by atoms with van der Waals surface area (Å²) in [7, 11) is 0. The highest BCUT2D eigenvalue weighted by Crippen LogP contribution is 2.41. The smallest absolute Gasteiger partial charge is 0.187 e. The molecule has 55 atom stereocenters. The molecule has 0 aromatic heterocycles. The fraction of sp³-hybridized carbons (Fsp3) is 1.00. The molecule has 0 unspecified atom stereocenters. The molecule has 122 heavy (non-hydrogen) atoms. The first kappa shape index (κ1) is 100. The lowest BCUT2D eigenvalue weighted by Gasteiger charge is -2.51. The maximum Gasteiger partial charge on any atom is 0.187 e. The third-order valence-electron chi connectivity index (χ3n) is 23.3. The number of hydrogen-bond donors (Lipinski definition) is 35. The van der Waals surface area contributed by atoms with Crippen molar-refractivity contribution in [3.05, 3.63) is 0 Å². The van der Waals surface area contributed by atoms with Gasteiger partial charge < -0.3 is 281 Å². The van der Waals surface area contributed by atoms with Crippen LogP contribution in [0.25, 0.3) is 0 Å². The quantitative estimate of drug-likeness (QED) is 0.0306. The van der Waals surface area contributed by atoms with Crippen molar-refractivity contribution in [1.82, 2.24) is 0 Å². The summed E-state index contributed by atoms with van der Waals surface area (Å²) < 4.78 is 123. The Balaban J connectivity index is 0.855. The molecule has 11 rings (SSSR count). The van der Waals surface area contributed by atoms with Gasteiger partial charge in [0.2, 0.25) is 0 Å². The number of rotatable bonds is 31. The second kappa shape index (κ2) is 43.4. The van der Waals surface area contributed by atoms with Gasteiger partial charge in [0.05, 0.1) is 96.8 Å². The molecule has 0 radical (unpaired) electrons. The van der Waals surface area contributed by atoms with E-state index in [2.05, 4.69) is 0 Å². The van der Waals surface area contributed by atoms with E-state index < -0.39 is 410 Å². The van der Waals surface area contributed by atoms with Gasteiger partial charge in [0.1, 0.15) is 244 Å². The van der Waals surface area contributed by atoms with E-state index in [-0.39, 0.29) is 0 Å². The number of ether oxygens (including phenoxy) is 21. The molecule has 56 nitrogen and oxygen atoms in total. The molecule has 11 aliphatic rings. The fourth-order valence-corrected chi connectivity index (χ4v) is 16.0. The zero-order valence-corrected chi connectivity index (χ0v) is 64.3. The van der Waals surface area contributed by atoms with E-state index in [0.717, 1.165) is 0 Å². The maximum absolute atomic E-state index is 12.6. The van der Waals surface area contributed by atoms with Crippen LogP contribution in [0.4, 0.5) is 0 Å². The van der Waals surface area contributed by atoms with Crippen LogP contribution < -0.4 is 22.9 Å². The fourth-order valence-electron chi connectivity index (χ4n) is 16.0. The molecular weight excluding hydrogens is 1680 g/mol. The molecule has 11 saturated heterocycles. The molecule has 39 N–H and O–H groups in total.